The van der Waals surface area contributed by atoms with Gasteiger partial charge in [0.25, 0.3) is 0 Å². The highest BCUT2D eigenvalue weighted by molar-refractivity contribution is 5.47. The molecule has 0 aromatic heterocycles. The van der Waals surface area contributed by atoms with Gasteiger partial charge in [0.15, 0.2) is 0 Å². The van der Waals surface area contributed by atoms with Gasteiger partial charge in [0.1, 0.15) is 5.60 Å². The van der Waals surface area contributed by atoms with Crippen molar-refractivity contribution in [2.24, 2.45) is 56.7 Å². The molecular formula is C49H64O3. The lowest BCUT2D eigenvalue weighted by Gasteiger charge is -2.73. The largest absolute Gasteiger partial charge is 0.390 e. The molecule has 5 fully saturated rings. The quantitative estimate of drug-likeness (QED) is 0.191. The van der Waals surface area contributed by atoms with E-state index in [1.165, 1.54) is 67.2 Å². The van der Waals surface area contributed by atoms with Crippen molar-refractivity contribution in [2.45, 2.75) is 117 Å². The van der Waals surface area contributed by atoms with Gasteiger partial charge in [-0.2, -0.15) is 0 Å². The first-order chi connectivity index (χ1) is 24.7. The number of hydrogen-bond acceptors (Lipinski definition) is 3. The third kappa shape index (κ3) is 5.00. The molecule has 0 heterocycles. The van der Waals surface area contributed by atoms with Crippen molar-refractivity contribution in [1.29, 1.82) is 0 Å². The lowest BCUT2D eigenvalue weighted by Crippen LogP contribution is -2.68. The van der Waals surface area contributed by atoms with Crippen molar-refractivity contribution in [2.75, 3.05) is 6.61 Å². The number of hydrogen-bond donors (Lipinski definition) is 2. The Kier molecular flexibility index (Phi) is 8.84. The first kappa shape index (κ1) is 36.3. The Morgan fingerprint density at radius 1 is 0.692 bits per heavy atom. The topological polar surface area (TPSA) is 49.7 Å². The third-order valence-electron chi connectivity index (χ3n) is 17.3. The van der Waals surface area contributed by atoms with Crippen LogP contribution in [0.15, 0.2) is 103 Å². The van der Waals surface area contributed by atoms with Crippen LogP contribution in [0.3, 0.4) is 0 Å². The van der Waals surface area contributed by atoms with Gasteiger partial charge < -0.3 is 14.9 Å². The molecule has 3 nitrogen and oxygen atoms in total. The molecule has 8 rings (SSSR count). The van der Waals surface area contributed by atoms with Gasteiger partial charge in [0, 0.05) is 0 Å². The molecule has 52 heavy (non-hydrogen) atoms. The molecule has 278 valence electrons. The predicted molar refractivity (Wildman–Crippen MR) is 212 cm³/mol. The Hall–Kier alpha value is -2.72. The van der Waals surface area contributed by atoms with Crippen molar-refractivity contribution >= 4 is 0 Å². The van der Waals surface area contributed by atoms with E-state index in [0.29, 0.717) is 29.6 Å². The zero-order valence-electron chi connectivity index (χ0n) is 32.8. The van der Waals surface area contributed by atoms with Gasteiger partial charge in [-0.15, -0.1) is 0 Å². The molecule has 0 bridgehead atoms. The van der Waals surface area contributed by atoms with Crippen LogP contribution in [0.2, 0.25) is 0 Å². The van der Waals surface area contributed by atoms with Gasteiger partial charge in [-0.25, -0.2) is 0 Å². The van der Waals surface area contributed by atoms with Crippen LogP contribution in [0, 0.1) is 56.7 Å². The van der Waals surface area contributed by atoms with Crippen molar-refractivity contribution in [3.05, 3.63) is 120 Å². The normalized spacial score (nSPS) is 40.9. The molecule has 2 N–H and O–H groups in total. The molecule has 5 aliphatic carbocycles. The molecule has 3 aromatic carbocycles. The highest BCUT2D eigenvalue weighted by Crippen LogP contribution is 2.77. The number of allylic oxidation sites excluding steroid dienone is 1. The van der Waals surface area contributed by atoms with E-state index in [-0.39, 0.29) is 27.1 Å². The lowest BCUT2D eigenvalue weighted by molar-refractivity contribution is -0.266. The fourth-order valence-corrected chi connectivity index (χ4v) is 14.7. The van der Waals surface area contributed by atoms with Crippen molar-refractivity contribution < 1.29 is 14.9 Å². The Labute approximate surface area is 314 Å². The second-order valence-electron chi connectivity index (χ2n) is 19.7. The second-order valence-corrected chi connectivity index (χ2v) is 19.7. The molecular weight excluding hydrogens is 637 g/mol. The van der Waals surface area contributed by atoms with Crippen LogP contribution >= 0.6 is 0 Å². The highest BCUT2D eigenvalue weighted by Gasteiger charge is 2.71. The fourth-order valence-electron chi connectivity index (χ4n) is 14.7. The Balaban J connectivity index is 1.19. The van der Waals surface area contributed by atoms with E-state index in [4.69, 9.17) is 4.74 Å². The number of aliphatic hydroxyl groups is 2. The van der Waals surface area contributed by atoms with Gasteiger partial charge in [0.05, 0.1) is 18.8 Å². The van der Waals surface area contributed by atoms with E-state index in [9.17, 15) is 10.2 Å². The molecule has 11 atom stereocenters. The second kappa shape index (κ2) is 12.7. The zero-order valence-corrected chi connectivity index (χ0v) is 32.8. The smallest absolute Gasteiger partial charge is 0.143 e. The molecule has 5 saturated carbocycles. The Morgan fingerprint density at radius 2 is 1.25 bits per heavy atom. The maximum atomic E-state index is 11.3. The summed E-state index contributed by atoms with van der Waals surface area (Å²) < 4.78 is 7.75. The number of ether oxygens (including phenoxy) is 1. The summed E-state index contributed by atoms with van der Waals surface area (Å²) in [7, 11) is 0. The number of rotatable bonds is 7. The summed E-state index contributed by atoms with van der Waals surface area (Å²) >= 11 is 0. The third-order valence-corrected chi connectivity index (χ3v) is 17.3. The van der Waals surface area contributed by atoms with Gasteiger partial charge in [0.2, 0.25) is 0 Å². The minimum Gasteiger partial charge on any atom is -0.390 e. The van der Waals surface area contributed by atoms with Gasteiger partial charge in [-0.3, -0.25) is 0 Å². The molecule has 0 aliphatic heterocycles. The summed E-state index contributed by atoms with van der Waals surface area (Å²) in [5.41, 5.74) is 4.34. The van der Waals surface area contributed by atoms with Gasteiger partial charge in [-0.1, -0.05) is 138 Å². The van der Waals surface area contributed by atoms with E-state index >= 15 is 0 Å². The minimum atomic E-state index is -0.721. The van der Waals surface area contributed by atoms with E-state index < -0.39 is 17.8 Å². The molecule has 3 heteroatoms. The maximum absolute atomic E-state index is 11.3. The number of fused-ring (bicyclic) bond motifs is 7. The summed E-state index contributed by atoms with van der Waals surface area (Å²) in [4.78, 5) is 0. The molecule has 0 radical (unpaired) electrons. The zero-order chi connectivity index (χ0) is 36.7. The molecule has 0 saturated heterocycles. The van der Waals surface area contributed by atoms with E-state index in [1.54, 1.807) is 0 Å². The molecule has 0 unspecified atom stereocenters. The van der Waals surface area contributed by atoms with Gasteiger partial charge >= 0.3 is 0 Å². The van der Waals surface area contributed by atoms with Crippen LogP contribution in [0.5, 0.6) is 0 Å². The monoisotopic (exact) mass is 700 g/mol. The summed E-state index contributed by atoms with van der Waals surface area (Å²) in [5.74, 6) is 2.59. The summed E-state index contributed by atoms with van der Waals surface area (Å²) in [5, 5.41) is 22.6. The Bertz CT molecular complexity index is 1650. The first-order valence-electron chi connectivity index (χ1n) is 20.6. The van der Waals surface area contributed by atoms with Crippen molar-refractivity contribution in [3.8, 4) is 0 Å². The molecule has 5 aliphatic rings. The molecule has 3 aromatic rings. The first-order valence-corrected chi connectivity index (χ1v) is 20.6. The Morgan fingerprint density at radius 3 is 1.79 bits per heavy atom. The van der Waals surface area contributed by atoms with Crippen LogP contribution in [-0.4, -0.2) is 29.0 Å². The van der Waals surface area contributed by atoms with Crippen LogP contribution in [0.4, 0.5) is 0 Å². The minimum absolute atomic E-state index is 0.0187. The average Bonchev–Trinajstić information content (AvgIpc) is 3.53. The van der Waals surface area contributed by atoms with E-state index in [2.05, 4.69) is 139 Å². The maximum Gasteiger partial charge on any atom is 0.143 e. The fraction of sp³-hybridized carbons (Fsp3) is 0.592. The van der Waals surface area contributed by atoms with Crippen LogP contribution in [0.1, 0.15) is 116 Å². The average molecular weight is 701 g/mol. The van der Waals surface area contributed by atoms with Crippen LogP contribution in [-0.2, 0) is 10.3 Å². The summed E-state index contributed by atoms with van der Waals surface area (Å²) in [6.07, 6.45) is 9.00. The molecule has 0 amide bonds. The molecule has 0 spiro atoms. The summed E-state index contributed by atoms with van der Waals surface area (Å²) in [6.45, 7) is 20.0. The van der Waals surface area contributed by atoms with E-state index in [0.717, 1.165) is 19.4 Å². The lowest BCUT2D eigenvalue weighted by atomic mass is 9.32. The predicted octanol–water partition coefficient (Wildman–Crippen LogP) is 11.0. The van der Waals surface area contributed by atoms with Crippen LogP contribution in [0.25, 0.3) is 0 Å². The summed E-state index contributed by atoms with van der Waals surface area (Å²) in [6, 6.07) is 32.7. The van der Waals surface area contributed by atoms with Crippen molar-refractivity contribution in [3.63, 3.8) is 0 Å². The van der Waals surface area contributed by atoms with Crippen LogP contribution < -0.4 is 0 Å². The van der Waals surface area contributed by atoms with Gasteiger partial charge in [-0.05, 0) is 138 Å². The SMILES string of the molecule is C=C(C)[C@@H]1CC[C@]2(COC(c3ccccc3)(c3ccccc3)c3ccccc3)CC[C@]3(C)[C@H](CC[C@@H]4[C@@]5(C)C[C@H](O)[C@@H](O)C(C)(C)[C@@H]5CC[C@]43C)[C@@H]12. The highest BCUT2D eigenvalue weighted by atomic mass is 16.5. The standard InChI is InChI=1S/C49H64O3/c1-33(2)37-25-28-48(32-52-49(34-17-11-8-12-18-34,35-19-13-9-14-20-35)36-21-15-10-16-22-36)30-29-46(6)38(42(37)48)23-24-41-45(5)31-39(50)43(51)44(3,4)40(45)26-27-47(41,46)7/h8-22,37-43,50-51H,1,23-32H2,2-7H3/t37-,38+,39-,40-,41+,42+,43+,45-,46+,47+,48+/m0/s1. The number of benzene rings is 3. The van der Waals surface area contributed by atoms with Crippen molar-refractivity contribution in [1.82, 2.24) is 0 Å². The van der Waals surface area contributed by atoms with E-state index in [1.807, 2.05) is 0 Å². The number of aliphatic hydroxyl groups excluding tert-OH is 2.